The molecule has 150 valence electrons. The zero-order chi connectivity index (χ0) is 19.6. The summed E-state index contributed by atoms with van der Waals surface area (Å²) in [5.41, 5.74) is -1.26. The van der Waals surface area contributed by atoms with E-state index in [4.69, 9.17) is 0 Å². The monoisotopic (exact) mass is 382 g/mol. The first kappa shape index (κ1) is 20.2. The first-order chi connectivity index (χ1) is 12.9. The molecule has 0 aliphatic heterocycles. The lowest BCUT2D eigenvalue weighted by molar-refractivity contribution is -0.146. The van der Waals surface area contributed by atoms with Gasteiger partial charge in [-0.1, -0.05) is 32.6 Å². The summed E-state index contributed by atoms with van der Waals surface area (Å²) in [7, 11) is 0. The van der Waals surface area contributed by atoms with Crippen LogP contribution in [0.1, 0.15) is 76.7 Å². The minimum Gasteiger partial charge on any atom is -0.481 e. The maximum Gasteiger partial charge on any atom is 0.314 e. The second-order valence-electron chi connectivity index (χ2n) is 8.55. The Kier molecular flexibility index (Phi) is 6.17. The molecule has 2 nitrogen and oxygen atoms in total. The van der Waals surface area contributed by atoms with Crippen LogP contribution in [-0.2, 0) is 10.2 Å². The zero-order valence-electron chi connectivity index (χ0n) is 15.9. The van der Waals surface area contributed by atoms with Crippen molar-refractivity contribution in [1.29, 1.82) is 0 Å². The van der Waals surface area contributed by atoms with Crippen molar-refractivity contribution >= 4 is 5.97 Å². The molecule has 2 aliphatic carbocycles. The van der Waals surface area contributed by atoms with Gasteiger partial charge in [-0.25, -0.2) is 13.2 Å². The maximum absolute atomic E-state index is 13.7. The SMILES string of the molecule is CCCC1CCC(C2CCC(C(=O)O)(c3cc(F)c(F)c(F)c3)CC2)CC1. The molecular weight excluding hydrogens is 353 g/mol. The number of aliphatic carboxylic acids is 1. The first-order valence-corrected chi connectivity index (χ1v) is 10.3. The van der Waals surface area contributed by atoms with Crippen LogP contribution in [0.15, 0.2) is 12.1 Å². The van der Waals surface area contributed by atoms with Gasteiger partial charge in [-0.2, -0.15) is 0 Å². The fourth-order valence-electron chi connectivity index (χ4n) is 5.42. The molecule has 0 bridgehead atoms. The van der Waals surface area contributed by atoms with Crippen molar-refractivity contribution in [3.05, 3.63) is 35.1 Å². The summed E-state index contributed by atoms with van der Waals surface area (Å²) in [5, 5.41) is 9.85. The highest BCUT2D eigenvalue weighted by Crippen LogP contribution is 2.47. The Hall–Kier alpha value is -1.52. The predicted octanol–water partition coefficient (Wildman–Crippen LogP) is 6.22. The molecule has 2 fully saturated rings. The molecule has 0 spiro atoms. The number of hydrogen-bond acceptors (Lipinski definition) is 1. The normalized spacial score (nSPS) is 31.6. The molecular formula is C22H29F3O2. The highest BCUT2D eigenvalue weighted by molar-refractivity contribution is 5.81. The van der Waals surface area contributed by atoms with E-state index in [1.165, 1.54) is 38.5 Å². The van der Waals surface area contributed by atoms with E-state index < -0.39 is 28.8 Å². The second-order valence-corrected chi connectivity index (χ2v) is 8.55. The van der Waals surface area contributed by atoms with Crippen LogP contribution in [0.2, 0.25) is 0 Å². The van der Waals surface area contributed by atoms with Crippen molar-refractivity contribution in [3.63, 3.8) is 0 Å². The van der Waals surface area contributed by atoms with Crippen LogP contribution in [-0.4, -0.2) is 11.1 Å². The van der Waals surface area contributed by atoms with E-state index >= 15 is 0 Å². The van der Waals surface area contributed by atoms with E-state index in [-0.39, 0.29) is 5.56 Å². The highest BCUT2D eigenvalue weighted by Gasteiger charge is 2.45. The maximum atomic E-state index is 13.7. The van der Waals surface area contributed by atoms with Gasteiger partial charge in [0.05, 0.1) is 5.41 Å². The molecule has 1 N–H and O–H groups in total. The van der Waals surface area contributed by atoms with Gasteiger partial charge in [-0.05, 0) is 74.0 Å². The zero-order valence-corrected chi connectivity index (χ0v) is 15.9. The van der Waals surface area contributed by atoms with E-state index in [1.54, 1.807) is 0 Å². The first-order valence-electron chi connectivity index (χ1n) is 10.3. The summed E-state index contributed by atoms with van der Waals surface area (Å²) in [5.74, 6) is -3.31. The third-order valence-corrected chi connectivity index (χ3v) is 7.08. The third-order valence-electron chi connectivity index (χ3n) is 7.08. The molecule has 1 aromatic rings. The van der Waals surface area contributed by atoms with Crippen molar-refractivity contribution in [2.24, 2.45) is 17.8 Å². The molecule has 0 heterocycles. The molecule has 27 heavy (non-hydrogen) atoms. The highest BCUT2D eigenvalue weighted by atomic mass is 19.2. The van der Waals surface area contributed by atoms with Crippen molar-refractivity contribution in [1.82, 2.24) is 0 Å². The van der Waals surface area contributed by atoms with Crippen LogP contribution in [0.5, 0.6) is 0 Å². The summed E-state index contributed by atoms with van der Waals surface area (Å²) in [6.07, 6.45) is 9.64. The molecule has 2 saturated carbocycles. The van der Waals surface area contributed by atoms with E-state index in [0.29, 0.717) is 24.7 Å². The lowest BCUT2D eigenvalue weighted by atomic mass is 9.62. The molecule has 3 rings (SSSR count). The van der Waals surface area contributed by atoms with Gasteiger partial charge in [0, 0.05) is 0 Å². The Morgan fingerprint density at radius 2 is 1.52 bits per heavy atom. The number of carboxylic acid groups (broad SMARTS) is 1. The number of carbonyl (C=O) groups is 1. The fraction of sp³-hybridized carbons (Fsp3) is 0.682. The summed E-state index contributed by atoms with van der Waals surface area (Å²) in [4.78, 5) is 12.0. The van der Waals surface area contributed by atoms with Gasteiger partial charge in [0.25, 0.3) is 0 Å². The standard InChI is InChI=1S/C22H29F3O2/c1-2-3-14-4-6-15(7-5-14)16-8-10-22(11-9-16,21(26)27)17-12-18(23)20(25)19(24)13-17/h12-16H,2-11H2,1H3,(H,26,27). The minimum atomic E-state index is -1.54. The van der Waals surface area contributed by atoms with Crippen LogP contribution < -0.4 is 0 Å². The third kappa shape index (κ3) is 4.02. The van der Waals surface area contributed by atoms with Gasteiger partial charge >= 0.3 is 5.97 Å². The average Bonchev–Trinajstić information content (AvgIpc) is 2.66. The molecule has 0 atom stereocenters. The number of carboxylic acids is 1. The fourth-order valence-corrected chi connectivity index (χ4v) is 5.42. The molecule has 0 radical (unpaired) electrons. The smallest absolute Gasteiger partial charge is 0.314 e. The van der Waals surface area contributed by atoms with Crippen LogP contribution >= 0.6 is 0 Å². The summed E-state index contributed by atoms with van der Waals surface area (Å²) in [6.45, 7) is 2.22. The van der Waals surface area contributed by atoms with Crippen LogP contribution in [0, 0.1) is 35.2 Å². The molecule has 0 amide bonds. The van der Waals surface area contributed by atoms with Crippen molar-refractivity contribution < 1.29 is 23.1 Å². The van der Waals surface area contributed by atoms with Crippen LogP contribution in [0.25, 0.3) is 0 Å². The Morgan fingerprint density at radius 3 is 2.00 bits per heavy atom. The Labute approximate surface area is 159 Å². The van der Waals surface area contributed by atoms with E-state index in [1.807, 2.05) is 0 Å². The van der Waals surface area contributed by atoms with Crippen molar-refractivity contribution in [3.8, 4) is 0 Å². The molecule has 0 unspecified atom stereocenters. The van der Waals surface area contributed by atoms with Gasteiger partial charge in [0.2, 0.25) is 0 Å². The predicted molar refractivity (Wildman–Crippen MR) is 97.9 cm³/mol. The van der Waals surface area contributed by atoms with Crippen LogP contribution in [0.4, 0.5) is 13.2 Å². The topological polar surface area (TPSA) is 37.3 Å². The van der Waals surface area contributed by atoms with Crippen molar-refractivity contribution in [2.45, 2.75) is 76.5 Å². The van der Waals surface area contributed by atoms with Crippen molar-refractivity contribution in [2.75, 3.05) is 0 Å². The Bertz CT molecular complexity index is 649. The molecule has 2 aliphatic rings. The number of benzene rings is 1. The lowest BCUT2D eigenvalue weighted by Crippen LogP contribution is -2.41. The lowest BCUT2D eigenvalue weighted by Gasteiger charge is -2.42. The molecule has 5 heteroatoms. The summed E-state index contributed by atoms with van der Waals surface area (Å²) >= 11 is 0. The Morgan fingerprint density at radius 1 is 1.00 bits per heavy atom. The summed E-state index contributed by atoms with van der Waals surface area (Å²) in [6, 6.07) is 1.73. The number of hydrogen-bond donors (Lipinski definition) is 1. The molecule has 0 saturated heterocycles. The molecule has 0 aromatic heterocycles. The summed E-state index contributed by atoms with van der Waals surface area (Å²) < 4.78 is 40.7. The second kappa shape index (κ2) is 8.24. The molecule has 1 aromatic carbocycles. The van der Waals surface area contributed by atoms with Gasteiger partial charge < -0.3 is 5.11 Å². The minimum absolute atomic E-state index is 0.0523. The largest absolute Gasteiger partial charge is 0.481 e. The van der Waals surface area contributed by atoms with E-state index in [0.717, 1.165) is 30.9 Å². The van der Waals surface area contributed by atoms with Gasteiger partial charge in [-0.3, -0.25) is 4.79 Å². The number of rotatable bonds is 5. The average molecular weight is 382 g/mol. The Balaban J connectivity index is 1.70. The van der Waals surface area contributed by atoms with Gasteiger partial charge in [-0.15, -0.1) is 0 Å². The van der Waals surface area contributed by atoms with Gasteiger partial charge in [0.1, 0.15) is 0 Å². The van der Waals surface area contributed by atoms with Crippen LogP contribution in [0.3, 0.4) is 0 Å². The quantitative estimate of drug-likeness (QED) is 0.614. The van der Waals surface area contributed by atoms with E-state index in [2.05, 4.69) is 6.92 Å². The van der Waals surface area contributed by atoms with Gasteiger partial charge in [0.15, 0.2) is 17.5 Å². The number of halogens is 3. The van der Waals surface area contributed by atoms with E-state index in [9.17, 15) is 23.1 Å².